The summed E-state index contributed by atoms with van der Waals surface area (Å²) < 4.78 is 37.4. The SMILES string of the molecule is CCNC(=NCC1CCN(CC(F)(F)F)C1)NCCc1ccc(Cl)cc1. The normalized spacial score (nSPS) is 19.0. The lowest BCUT2D eigenvalue weighted by molar-refractivity contribution is -0.143. The maximum absolute atomic E-state index is 12.5. The number of hydrogen-bond donors (Lipinski definition) is 2. The number of likely N-dealkylation sites (tertiary alicyclic amines) is 1. The van der Waals surface area contributed by atoms with Crippen molar-refractivity contribution in [2.24, 2.45) is 10.9 Å². The molecule has 2 N–H and O–H groups in total. The van der Waals surface area contributed by atoms with E-state index in [2.05, 4.69) is 15.6 Å². The van der Waals surface area contributed by atoms with Gasteiger partial charge < -0.3 is 10.6 Å². The number of aliphatic imine (C=N–C) groups is 1. The van der Waals surface area contributed by atoms with Crippen molar-refractivity contribution in [3.8, 4) is 0 Å². The lowest BCUT2D eigenvalue weighted by Gasteiger charge is -2.17. The Morgan fingerprint density at radius 3 is 2.65 bits per heavy atom. The van der Waals surface area contributed by atoms with Gasteiger partial charge in [0.2, 0.25) is 0 Å². The summed E-state index contributed by atoms with van der Waals surface area (Å²) in [5.74, 6) is 0.875. The second-order valence-corrected chi connectivity index (χ2v) is 6.96. The number of nitrogens with one attached hydrogen (secondary N) is 2. The molecule has 26 heavy (non-hydrogen) atoms. The van der Waals surface area contributed by atoms with E-state index in [-0.39, 0.29) is 5.92 Å². The van der Waals surface area contributed by atoms with Gasteiger partial charge in [0.05, 0.1) is 6.54 Å². The van der Waals surface area contributed by atoms with E-state index in [1.165, 1.54) is 10.5 Å². The lowest BCUT2D eigenvalue weighted by atomic mass is 10.1. The zero-order chi connectivity index (χ0) is 19.0. The van der Waals surface area contributed by atoms with Gasteiger partial charge in [0.15, 0.2) is 5.96 Å². The molecule has 8 heteroatoms. The minimum absolute atomic E-state index is 0.170. The molecule has 1 fully saturated rings. The Balaban J connectivity index is 1.76. The zero-order valence-corrected chi connectivity index (χ0v) is 15.7. The van der Waals surface area contributed by atoms with E-state index in [1.54, 1.807) is 0 Å². The first-order valence-corrected chi connectivity index (χ1v) is 9.29. The molecule has 1 aromatic rings. The van der Waals surface area contributed by atoms with Crippen LogP contribution in [0.4, 0.5) is 13.2 Å². The molecule has 1 saturated heterocycles. The molecule has 0 bridgehead atoms. The topological polar surface area (TPSA) is 39.7 Å². The maximum atomic E-state index is 12.5. The Bertz CT molecular complexity index is 575. The fourth-order valence-corrected chi connectivity index (χ4v) is 3.12. The summed E-state index contributed by atoms with van der Waals surface area (Å²) in [7, 11) is 0. The van der Waals surface area contributed by atoms with Crippen LogP contribution in [0, 0.1) is 5.92 Å². The van der Waals surface area contributed by atoms with E-state index in [0.717, 1.165) is 25.9 Å². The molecule has 1 heterocycles. The summed E-state index contributed by atoms with van der Waals surface area (Å²) in [6, 6.07) is 7.70. The van der Waals surface area contributed by atoms with E-state index in [0.29, 0.717) is 30.6 Å². The van der Waals surface area contributed by atoms with E-state index in [9.17, 15) is 13.2 Å². The van der Waals surface area contributed by atoms with Crippen molar-refractivity contribution in [3.63, 3.8) is 0 Å². The van der Waals surface area contributed by atoms with Crippen LogP contribution in [0.25, 0.3) is 0 Å². The summed E-state index contributed by atoms with van der Waals surface area (Å²) >= 11 is 5.88. The van der Waals surface area contributed by atoms with Gasteiger partial charge in [0.1, 0.15) is 0 Å². The molecule has 1 atom stereocenters. The van der Waals surface area contributed by atoms with Gasteiger partial charge in [-0.2, -0.15) is 13.2 Å². The molecule has 0 spiro atoms. The summed E-state index contributed by atoms with van der Waals surface area (Å²) in [4.78, 5) is 6.00. The first kappa shape index (κ1) is 20.8. The molecule has 1 aliphatic rings. The molecule has 0 aliphatic carbocycles. The molecule has 0 radical (unpaired) electrons. The molecule has 1 aliphatic heterocycles. The van der Waals surface area contributed by atoms with E-state index < -0.39 is 12.7 Å². The number of nitrogens with zero attached hydrogens (tertiary/aromatic N) is 2. The van der Waals surface area contributed by atoms with Crippen molar-refractivity contribution >= 4 is 17.6 Å². The second-order valence-electron chi connectivity index (χ2n) is 6.53. The van der Waals surface area contributed by atoms with Crippen molar-refractivity contribution in [2.75, 3.05) is 39.3 Å². The number of rotatable bonds is 7. The summed E-state index contributed by atoms with van der Waals surface area (Å²) in [5.41, 5.74) is 1.18. The first-order valence-electron chi connectivity index (χ1n) is 8.91. The number of benzene rings is 1. The van der Waals surface area contributed by atoms with Crippen LogP contribution in [-0.2, 0) is 6.42 Å². The fraction of sp³-hybridized carbons (Fsp3) is 0.611. The van der Waals surface area contributed by atoms with Gasteiger partial charge in [-0.05, 0) is 49.9 Å². The number of hydrogen-bond acceptors (Lipinski definition) is 2. The molecule has 0 saturated carbocycles. The summed E-state index contributed by atoms with van der Waals surface area (Å²) in [5, 5.41) is 7.16. The van der Waals surface area contributed by atoms with Crippen LogP contribution in [0.2, 0.25) is 5.02 Å². The van der Waals surface area contributed by atoms with Crippen molar-refractivity contribution in [3.05, 3.63) is 34.9 Å². The van der Waals surface area contributed by atoms with Gasteiger partial charge in [0, 0.05) is 31.2 Å². The van der Waals surface area contributed by atoms with Crippen LogP contribution in [0.1, 0.15) is 18.9 Å². The van der Waals surface area contributed by atoms with E-state index >= 15 is 0 Å². The third-order valence-electron chi connectivity index (χ3n) is 4.24. The highest BCUT2D eigenvalue weighted by Crippen LogP contribution is 2.22. The minimum atomic E-state index is -4.13. The van der Waals surface area contributed by atoms with Crippen LogP contribution >= 0.6 is 11.6 Å². The predicted octanol–water partition coefficient (Wildman–Crippen LogP) is 3.32. The van der Waals surface area contributed by atoms with Gasteiger partial charge in [-0.3, -0.25) is 9.89 Å². The molecule has 0 amide bonds. The van der Waals surface area contributed by atoms with Crippen LogP contribution in [0.5, 0.6) is 0 Å². The molecule has 4 nitrogen and oxygen atoms in total. The number of halogens is 4. The quantitative estimate of drug-likeness (QED) is 0.554. The van der Waals surface area contributed by atoms with Gasteiger partial charge >= 0.3 is 6.18 Å². The van der Waals surface area contributed by atoms with Gasteiger partial charge in [-0.15, -0.1) is 0 Å². The average molecular weight is 391 g/mol. The second kappa shape index (κ2) is 10.0. The Kier molecular flexibility index (Phi) is 8.03. The third kappa shape index (κ3) is 7.83. The monoisotopic (exact) mass is 390 g/mol. The standard InChI is InChI=1S/C18H26ClF3N4/c1-2-23-17(24-9-7-14-3-5-16(19)6-4-14)25-11-15-8-10-26(12-15)13-18(20,21)22/h3-6,15H,2,7-13H2,1H3,(H2,23,24,25). The predicted molar refractivity (Wildman–Crippen MR) is 99.7 cm³/mol. The van der Waals surface area contributed by atoms with E-state index in [1.807, 2.05) is 31.2 Å². The highest BCUT2D eigenvalue weighted by Gasteiger charge is 2.34. The Morgan fingerprint density at radius 1 is 1.27 bits per heavy atom. The van der Waals surface area contributed by atoms with Crippen LogP contribution in [0.3, 0.4) is 0 Å². The first-order chi connectivity index (χ1) is 12.4. The van der Waals surface area contributed by atoms with Crippen molar-refractivity contribution < 1.29 is 13.2 Å². The number of guanidine groups is 1. The van der Waals surface area contributed by atoms with Crippen LogP contribution in [0.15, 0.2) is 29.3 Å². The van der Waals surface area contributed by atoms with Crippen LogP contribution in [-0.4, -0.2) is 56.3 Å². The molecule has 2 rings (SSSR count). The number of alkyl halides is 3. The van der Waals surface area contributed by atoms with Gasteiger partial charge in [-0.25, -0.2) is 0 Å². The van der Waals surface area contributed by atoms with Gasteiger partial charge in [0.25, 0.3) is 0 Å². The largest absolute Gasteiger partial charge is 0.401 e. The Hall–Kier alpha value is -1.47. The highest BCUT2D eigenvalue weighted by molar-refractivity contribution is 6.30. The van der Waals surface area contributed by atoms with Crippen molar-refractivity contribution in [1.29, 1.82) is 0 Å². The minimum Gasteiger partial charge on any atom is -0.357 e. The summed E-state index contributed by atoms with van der Waals surface area (Å²) in [6.45, 7) is 4.08. The van der Waals surface area contributed by atoms with Crippen molar-refractivity contribution in [2.45, 2.75) is 25.9 Å². The maximum Gasteiger partial charge on any atom is 0.401 e. The molecular formula is C18H26ClF3N4. The fourth-order valence-electron chi connectivity index (χ4n) is 3.00. The summed E-state index contributed by atoms with van der Waals surface area (Å²) in [6.07, 6.45) is -2.54. The zero-order valence-electron chi connectivity index (χ0n) is 14.9. The van der Waals surface area contributed by atoms with Crippen LogP contribution < -0.4 is 10.6 Å². The lowest BCUT2D eigenvalue weighted by Crippen LogP contribution is -2.38. The molecule has 1 aromatic carbocycles. The molecule has 1 unspecified atom stereocenters. The molecular weight excluding hydrogens is 365 g/mol. The molecule has 0 aromatic heterocycles. The van der Waals surface area contributed by atoms with Crippen molar-refractivity contribution in [1.82, 2.24) is 15.5 Å². The Labute approximate surface area is 157 Å². The highest BCUT2D eigenvalue weighted by atomic mass is 35.5. The third-order valence-corrected chi connectivity index (χ3v) is 4.50. The Morgan fingerprint density at radius 2 is 2.00 bits per heavy atom. The van der Waals surface area contributed by atoms with Gasteiger partial charge in [-0.1, -0.05) is 23.7 Å². The average Bonchev–Trinajstić information content (AvgIpc) is 3.00. The molecule has 146 valence electrons. The van der Waals surface area contributed by atoms with E-state index in [4.69, 9.17) is 11.6 Å². The smallest absolute Gasteiger partial charge is 0.357 e.